The van der Waals surface area contributed by atoms with Crippen molar-refractivity contribution in [3.8, 4) is 22.3 Å². The Hall–Kier alpha value is -3.74. The van der Waals surface area contributed by atoms with E-state index in [-0.39, 0.29) is 12.1 Å². The Bertz CT molecular complexity index is 1110. The van der Waals surface area contributed by atoms with Gasteiger partial charge in [0.2, 0.25) is 0 Å². The lowest BCUT2D eigenvalue weighted by atomic mass is 9.89. The maximum Gasteiger partial charge on any atom is 0.0554 e. The molecule has 6 nitrogen and oxygen atoms in total. The number of allylic oxidation sites excluding steroid dienone is 2. The van der Waals surface area contributed by atoms with Gasteiger partial charge in [0, 0.05) is 12.1 Å². The quantitative estimate of drug-likeness (QED) is 0.372. The lowest BCUT2D eigenvalue weighted by Crippen LogP contribution is -2.39. The second-order valence-electron chi connectivity index (χ2n) is 7.62. The van der Waals surface area contributed by atoms with E-state index in [2.05, 4.69) is 18.2 Å². The van der Waals surface area contributed by atoms with E-state index in [1.54, 1.807) is 0 Å². The zero-order valence-corrected chi connectivity index (χ0v) is 16.5. The van der Waals surface area contributed by atoms with Crippen molar-refractivity contribution in [1.82, 2.24) is 0 Å². The van der Waals surface area contributed by atoms with Crippen LogP contribution in [0.1, 0.15) is 5.56 Å². The third kappa shape index (κ3) is 3.74. The van der Waals surface area contributed by atoms with Crippen LogP contribution in [0.4, 0.5) is 22.7 Å². The molecule has 0 saturated carbocycles. The van der Waals surface area contributed by atoms with Gasteiger partial charge >= 0.3 is 0 Å². The second-order valence-corrected chi connectivity index (χ2v) is 7.62. The standard InChI is InChI=1S/C24H26N6/c25-19-4-1-13(10-22(19)28)16-7-17(14-2-5-20(26)23(29)11-14)9-18(8-16)15-3-6-21(27)24(30)12-15/h1-12,19,22H,25-30H2. The van der Waals surface area contributed by atoms with E-state index in [4.69, 9.17) is 34.4 Å². The molecule has 3 aromatic carbocycles. The van der Waals surface area contributed by atoms with Crippen molar-refractivity contribution < 1.29 is 0 Å². The Morgan fingerprint density at radius 1 is 0.500 bits per heavy atom. The van der Waals surface area contributed by atoms with Crippen molar-refractivity contribution in [2.75, 3.05) is 22.9 Å². The molecule has 0 radical (unpaired) electrons. The van der Waals surface area contributed by atoms with Crippen molar-refractivity contribution in [1.29, 1.82) is 0 Å². The number of anilines is 4. The van der Waals surface area contributed by atoms with Gasteiger partial charge in [0.05, 0.1) is 22.7 Å². The third-order valence-corrected chi connectivity index (χ3v) is 5.42. The lowest BCUT2D eigenvalue weighted by Gasteiger charge is -2.20. The second kappa shape index (κ2) is 7.59. The maximum atomic E-state index is 6.16. The molecule has 1 aliphatic carbocycles. The van der Waals surface area contributed by atoms with Gasteiger partial charge in [-0.15, -0.1) is 0 Å². The summed E-state index contributed by atoms with van der Waals surface area (Å²) in [5.74, 6) is 0. The van der Waals surface area contributed by atoms with Crippen LogP contribution >= 0.6 is 0 Å². The van der Waals surface area contributed by atoms with E-state index in [0.717, 1.165) is 33.4 Å². The Kier molecular flexibility index (Phi) is 4.95. The van der Waals surface area contributed by atoms with Crippen molar-refractivity contribution in [3.63, 3.8) is 0 Å². The highest BCUT2D eigenvalue weighted by Gasteiger charge is 2.16. The van der Waals surface area contributed by atoms with Gasteiger partial charge in [-0.1, -0.05) is 30.4 Å². The van der Waals surface area contributed by atoms with Gasteiger partial charge in [0.1, 0.15) is 0 Å². The fourth-order valence-corrected chi connectivity index (χ4v) is 3.55. The molecule has 2 atom stereocenters. The van der Waals surface area contributed by atoms with Crippen LogP contribution < -0.4 is 34.4 Å². The monoisotopic (exact) mass is 398 g/mol. The Labute approximate surface area is 175 Å². The molecular formula is C24H26N6. The summed E-state index contributed by atoms with van der Waals surface area (Å²) in [7, 11) is 0. The first-order chi connectivity index (χ1) is 14.3. The first-order valence-corrected chi connectivity index (χ1v) is 9.69. The van der Waals surface area contributed by atoms with Crippen molar-refractivity contribution >= 4 is 28.3 Å². The molecule has 0 aliphatic heterocycles. The normalized spacial score (nSPS) is 18.3. The number of benzene rings is 3. The van der Waals surface area contributed by atoms with Crippen LogP contribution in [0.5, 0.6) is 0 Å². The minimum atomic E-state index is -0.239. The molecule has 30 heavy (non-hydrogen) atoms. The summed E-state index contributed by atoms with van der Waals surface area (Å²) in [4.78, 5) is 0. The number of nitrogen functional groups attached to an aromatic ring is 4. The molecule has 4 rings (SSSR count). The number of hydrogen-bond donors (Lipinski definition) is 6. The highest BCUT2D eigenvalue weighted by molar-refractivity contribution is 5.86. The van der Waals surface area contributed by atoms with Gasteiger partial charge in [-0.3, -0.25) is 0 Å². The highest BCUT2D eigenvalue weighted by Crippen LogP contribution is 2.35. The summed E-state index contributed by atoms with van der Waals surface area (Å²) < 4.78 is 0. The molecule has 0 saturated heterocycles. The van der Waals surface area contributed by atoms with Crippen LogP contribution in [0.3, 0.4) is 0 Å². The van der Waals surface area contributed by atoms with Crippen LogP contribution in [0.15, 0.2) is 72.8 Å². The van der Waals surface area contributed by atoms with Crippen molar-refractivity contribution in [3.05, 3.63) is 78.4 Å². The molecule has 0 aromatic heterocycles. The molecule has 0 spiro atoms. The maximum absolute atomic E-state index is 6.16. The fraction of sp³-hybridized carbons (Fsp3) is 0.0833. The zero-order chi connectivity index (χ0) is 21.4. The summed E-state index contributed by atoms with van der Waals surface area (Å²) in [6.45, 7) is 0. The summed E-state index contributed by atoms with van der Waals surface area (Å²) in [6, 6.07) is 17.2. The number of nitrogens with two attached hydrogens (primary N) is 6. The van der Waals surface area contributed by atoms with Crippen molar-refractivity contribution in [2.24, 2.45) is 11.5 Å². The van der Waals surface area contributed by atoms with Crippen LogP contribution in [0, 0.1) is 0 Å². The van der Waals surface area contributed by atoms with Crippen LogP contribution in [-0.4, -0.2) is 12.1 Å². The smallest absolute Gasteiger partial charge is 0.0554 e. The molecule has 0 heterocycles. The molecule has 6 heteroatoms. The molecule has 0 amide bonds. The van der Waals surface area contributed by atoms with Gasteiger partial charge in [0.25, 0.3) is 0 Å². The molecule has 12 N–H and O–H groups in total. The molecule has 2 unspecified atom stereocenters. The zero-order valence-electron chi connectivity index (χ0n) is 16.5. The molecule has 0 fully saturated rings. The van der Waals surface area contributed by atoms with Gasteiger partial charge < -0.3 is 34.4 Å². The molecular weight excluding hydrogens is 372 g/mol. The Morgan fingerprint density at radius 2 is 1.00 bits per heavy atom. The summed E-state index contributed by atoms with van der Waals surface area (Å²) in [5.41, 5.74) is 44.2. The first-order valence-electron chi connectivity index (χ1n) is 9.69. The van der Waals surface area contributed by atoms with E-state index in [9.17, 15) is 0 Å². The van der Waals surface area contributed by atoms with E-state index >= 15 is 0 Å². The topological polar surface area (TPSA) is 156 Å². The van der Waals surface area contributed by atoms with Gasteiger partial charge in [-0.05, 0) is 75.9 Å². The molecule has 0 bridgehead atoms. The Balaban J connectivity index is 1.89. The van der Waals surface area contributed by atoms with E-state index in [1.165, 1.54) is 0 Å². The van der Waals surface area contributed by atoms with Crippen LogP contribution in [0.25, 0.3) is 27.8 Å². The van der Waals surface area contributed by atoms with Crippen LogP contribution in [-0.2, 0) is 0 Å². The molecule has 1 aliphatic rings. The predicted octanol–water partition coefficient (Wildman–Crippen LogP) is 2.96. The average molecular weight is 399 g/mol. The average Bonchev–Trinajstić information content (AvgIpc) is 2.73. The van der Waals surface area contributed by atoms with E-state index in [0.29, 0.717) is 22.7 Å². The predicted molar refractivity (Wildman–Crippen MR) is 128 cm³/mol. The minimum Gasteiger partial charge on any atom is -0.397 e. The summed E-state index contributed by atoms with van der Waals surface area (Å²) >= 11 is 0. The van der Waals surface area contributed by atoms with Gasteiger partial charge in [-0.25, -0.2) is 0 Å². The highest BCUT2D eigenvalue weighted by atomic mass is 14.8. The van der Waals surface area contributed by atoms with E-state index in [1.807, 2.05) is 54.6 Å². The molecule has 152 valence electrons. The third-order valence-electron chi connectivity index (χ3n) is 5.42. The SMILES string of the molecule is Nc1ccc(-c2cc(C3=CC(N)C(N)C=C3)cc(-c3ccc(N)c(N)c3)c2)cc1N. The molecule has 3 aromatic rings. The van der Waals surface area contributed by atoms with E-state index < -0.39 is 0 Å². The first kappa shape index (κ1) is 19.6. The summed E-state index contributed by atoms with van der Waals surface area (Å²) in [6.07, 6.45) is 5.92. The van der Waals surface area contributed by atoms with Gasteiger partial charge in [0.15, 0.2) is 0 Å². The fourth-order valence-electron chi connectivity index (χ4n) is 3.55. The number of rotatable bonds is 3. The lowest BCUT2D eigenvalue weighted by molar-refractivity contribution is 0.701. The van der Waals surface area contributed by atoms with Crippen LogP contribution in [0.2, 0.25) is 0 Å². The largest absolute Gasteiger partial charge is 0.397 e. The minimum absolute atomic E-state index is 0.190. The van der Waals surface area contributed by atoms with Crippen molar-refractivity contribution in [2.45, 2.75) is 12.1 Å². The summed E-state index contributed by atoms with van der Waals surface area (Å²) in [5, 5.41) is 0. The van der Waals surface area contributed by atoms with Gasteiger partial charge in [-0.2, -0.15) is 0 Å². The number of hydrogen-bond acceptors (Lipinski definition) is 6. The Morgan fingerprint density at radius 3 is 1.47 bits per heavy atom.